The zero-order valence-corrected chi connectivity index (χ0v) is 7.29. The highest BCUT2D eigenvalue weighted by Gasteiger charge is 2.06. The molecule has 0 amide bonds. The Hall–Kier alpha value is -1.38. The van der Waals surface area contributed by atoms with Crippen molar-refractivity contribution < 1.29 is 4.79 Å². The zero-order chi connectivity index (χ0) is 9.14. The van der Waals surface area contributed by atoms with Gasteiger partial charge >= 0.3 is 0 Å². The number of pyridine rings is 1. The number of hydrogen-bond donors (Lipinski definition) is 1. The van der Waals surface area contributed by atoms with Crippen LogP contribution in [0, 0.1) is 0 Å². The number of nitrogens with two attached hydrogens (primary N) is 1. The van der Waals surface area contributed by atoms with E-state index in [1.54, 1.807) is 6.07 Å². The maximum absolute atomic E-state index is 11.1. The third-order valence-corrected chi connectivity index (χ3v) is 1.71. The number of hydrogen-bond acceptors (Lipinski definition) is 3. The molecule has 0 aliphatic carbocycles. The number of nitrogens with zero attached hydrogens (tertiary/aromatic N) is 1. The maximum atomic E-state index is 11.1. The first kappa shape index (κ1) is 8.71. The summed E-state index contributed by atoms with van der Waals surface area (Å²) < 4.78 is 0. The summed E-state index contributed by atoms with van der Waals surface area (Å²) in [5, 5.41) is 0. The molecule has 1 rings (SSSR count). The van der Waals surface area contributed by atoms with Crippen LogP contribution in [-0.4, -0.2) is 10.8 Å². The highest BCUT2D eigenvalue weighted by molar-refractivity contribution is 5.93. The molecule has 2 N–H and O–H groups in total. The normalized spacial score (nSPS) is 9.83. The van der Waals surface area contributed by atoms with Gasteiger partial charge in [0.1, 0.15) is 11.5 Å². The minimum absolute atomic E-state index is 0.0286. The lowest BCUT2D eigenvalue weighted by Gasteiger charge is -2.03. The summed E-state index contributed by atoms with van der Waals surface area (Å²) in [5.74, 6) is 0.372. The van der Waals surface area contributed by atoms with E-state index in [0.717, 1.165) is 12.0 Å². The van der Waals surface area contributed by atoms with Crippen LogP contribution in [0.25, 0.3) is 0 Å². The van der Waals surface area contributed by atoms with E-state index < -0.39 is 0 Å². The van der Waals surface area contributed by atoms with E-state index in [2.05, 4.69) is 4.98 Å². The fourth-order valence-corrected chi connectivity index (χ4v) is 1.09. The van der Waals surface area contributed by atoms with Gasteiger partial charge in [-0.15, -0.1) is 0 Å². The summed E-state index contributed by atoms with van der Waals surface area (Å²) in [4.78, 5) is 15.0. The number of carbonyl (C=O) groups excluding carboxylic acids is 1. The molecular formula is C9H12N2O. The summed E-state index contributed by atoms with van der Waals surface area (Å²) in [5.41, 5.74) is 6.91. The Morgan fingerprint density at radius 1 is 1.58 bits per heavy atom. The van der Waals surface area contributed by atoms with Crippen LogP contribution >= 0.6 is 0 Å². The highest BCUT2D eigenvalue weighted by atomic mass is 16.1. The van der Waals surface area contributed by atoms with Gasteiger partial charge < -0.3 is 5.73 Å². The van der Waals surface area contributed by atoms with E-state index in [1.807, 2.05) is 13.0 Å². The van der Waals surface area contributed by atoms with Crippen molar-refractivity contribution in [1.29, 1.82) is 0 Å². The van der Waals surface area contributed by atoms with Crippen LogP contribution in [0.1, 0.15) is 29.9 Å². The fourth-order valence-electron chi connectivity index (χ4n) is 1.09. The van der Waals surface area contributed by atoms with E-state index >= 15 is 0 Å². The first-order valence-corrected chi connectivity index (χ1v) is 3.91. The molecule has 12 heavy (non-hydrogen) atoms. The van der Waals surface area contributed by atoms with Crippen LogP contribution < -0.4 is 5.73 Å². The van der Waals surface area contributed by atoms with Crippen LogP contribution in [0.2, 0.25) is 0 Å². The fraction of sp³-hybridized carbons (Fsp3) is 0.333. The zero-order valence-electron chi connectivity index (χ0n) is 7.29. The van der Waals surface area contributed by atoms with Gasteiger partial charge in [0.05, 0.1) is 0 Å². The molecule has 0 fully saturated rings. The Balaban J connectivity index is 3.21. The molecule has 0 bridgehead atoms. The molecule has 0 aliphatic rings. The predicted octanol–water partition coefficient (Wildman–Crippen LogP) is 1.43. The second-order valence-electron chi connectivity index (χ2n) is 2.65. The molecule has 0 radical (unpaired) electrons. The number of ketones is 1. The topological polar surface area (TPSA) is 56.0 Å². The van der Waals surface area contributed by atoms with Crippen LogP contribution in [-0.2, 0) is 6.42 Å². The third kappa shape index (κ3) is 1.61. The summed E-state index contributed by atoms with van der Waals surface area (Å²) in [6, 6.07) is 3.56. The van der Waals surface area contributed by atoms with Crippen molar-refractivity contribution in [2.24, 2.45) is 0 Å². The Kier molecular flexibility index (Phi) is 2.43. The number of aryl methyl sites for hydroxylation is 1. The lowest BCUT2D eigenvalue weighted by atomic mass is 10.1. The SMILES string of the molecule is CCc1ccc(N)nc1C(C)=O. The molecule has 0 saturated heterocycles. The molecule has 3 nitrogen and oxygen atoms in total. The Morgan fingerprint density at radius 2 is 2.25 bits per heavy atom. The number of rotatable bonds is 2. The van der Waals surface area contributed by atoms with Crippen molar-refractivity contribution in [3.63, 3.8) is 0 Å². The molecule has 0 saturated carbocycles. The van der Waals surface area contributed by atoms with Crippen LogP contribution in [0.4, 0.5) is 5.82 Å². The first-order chi connectivity index (χ1) is 5.65. The molecular weight excluding hydrogens is 152 g/mol. The van der Waals surface area contributed by atoms with Crippen molar-refractivity contribution in [1.82, 2.24) is 4.98 Å². The van der Waals surface area contributed by atoms with Crippen molar-refractivity contribution in [3.05, 3.63) is 23.4 Å². The molecule has 64 valence electrons. The molecule has 0 spiro atoms. The highest BCUT2D eigenvalue weighted by Crippen LogP contribution is 2.10. The van der Waals surface area contributed by atoms with E-state index in [-0.39, 0.29) is 5.78 Å². The number of nitrogen functional groups attached to an aromatic ring is 1. The lowest BCUT2D eigenvalue weighted by Crippen LogP contribution is -2.04. The molecule has 0 aliphatic heterocycles. The third-order valence-electron chi connectivity index (χ3n) is 1.71. The van der Waals surface area contributed by atoms with Gasteiger partial charge in [0.2, 0.25) is 0 Å². The van der Waals surface area contributed by atoms with Crippen molar-refractivity contribution >= 4 is 11.6 Å². The number of Topliss-reactive ketones (excluding diaryl/α,β-unsaturated/α-hetero) is 1. The van der Waals surface area contributed by atoms with Crippen LogP contribution in [0.15, 0.2) is 12.1 Å². The van der Waals surface area contributed by atoms with E-state index in [4.69, 9.17) is 5.73 Å². The smallest absolute Gasteiger partial charge is 0.178 e. The quantitative estimate of drug-likeness (QED) is 0.673. The molecule has 1 aromatic heterocycles. The van der Waals surface area contributed by atoms with Crippen LogP contribution in [0.3, 0.4) is 0 Å². The number of carbonyl (C=O) groups is 1. The standard InChI is InChI=1S/C9H12N2O/c1-3-7-4-5-8(10)11-9(7)6(2)12/h4-5H,3H2,1-2H3,(H2,10,11). The van der Waals surface area contributed by atoms with Crippen molar-refractivity contribution in [2.45, 2.75) is 20.3 Å². The van der Waals surface area contributed by atoms with Crippen molar-refractivity contribution in [2.75, 3.05) is 5.73 Å². The minimum Gasteiger partial charge on any atom is -0.384 e. The Bertz CT molecular complexity index is 307. The number of anilines is 1. The average Bonchev–Trinajstić information content (AvgIpc) is 2.04. The molecule has 1 aromatic rings. The van der Waals surface area contributed by atoms with Crippen molar-refractivity contribution in [3.8, 4) is 0 Å². The molecule has 1 heterocycles. The maximum Gasteiger partial charge on any atom is 0.178 e. The summed E-state index contributed by atoms with van der Waals surface area (Å²) >= 11 is 0. The van der Waals surface area contributed by atoms with Gasteiger partial charge in [-0.2, -0.15) is 0 Å². The van der Waals surface area contributed by atoms with Gasteiger partial charge in [0.25, 0.3) is 0 Å². The largest absolute Gasteiger partial charge is 0.384 e. The molecule has 0 aromatic carbocycles. The Labute approximate surface area is 71.6 Å². The van der Waals surface area contributed by atoms with Gasteiger partial charge in [-0.1, -0.05) is 13.0 Å². The van der Waals surface area contributed by atoms with E-state index in [0.29, 0.717) is 11.5 Å². The predicted molar refractivity (Wildman–Crippen MR) is 48.0 cm³/mol. The molecule has 0 atom stereocenters. The first-order valence-electron chi connectivity index (χ1n) is 3.91. The summed E-state index contributed by atoms with van der Waals surface area (Å²) in [6.45, 7) is 3.49. The Morgan fingerprint density at radius 3 is 2.75 bits per heavy atom. The average molecular weight is 164 g/mol. The molecule has 0 unspecified atom stereocenters. The summed E-state index contributed by atoms with van der Waals surface area (Å²) in [6.07, 6.45) is 0.808. The monoisotopic (exact) mass is 164 g/mol. The second-order valence-corrected chi connectivity index (χ2v) is 2.65. The van der Waals surface area contributed by atoms with Gasteiger partial charge in [-0.25, -0.2) is 4.98 Å². The van der Waals surface area contributed by atoms with E-state index in [9.17, 15) is 4.79 Å². The number of aromatic nitrogens is 1. The van der Waals surface area contributed by atoms with Gasteiger partial charge in [0, 0.05) is 6.92 Å². The van der Waals surface area contributed by atoms with Gasteiger partial charge in [-0.3, -0.25) is 4.79 Å². The summed E-state index contributed by atoms with van der Waals surface area (Å²) in [7, 11) is 0. The minimum atomic E-state index is -0.0286. The molecule has 3 heteroatoms. The van der Waals surface area contributed by atoms with Crippen LogP contribution in [0.5, 0.6) is 0 Å². The lowest BCUT2D eigenvalue weighted by molar-refractivity contribution is 0.101. The van der Waals surface area contributed by atoms with E-state index in [1.165, 1.54) is 6.92 Å². The second kappa shape index (κ2) is 3.34. The van der Waals surface area contributed by atoms with Gasteiger partial charge in [0.15, 0.2) is 5.78 Å². The van der Waals surface area contributed by atoms with Gasteiger partial charge in [-0.05, 0) is 18.1 Å².